The topological polar surface area (TPSA) is 64.3 Å². The Labute approximate surface area is 108 Å². The third-order valence-corrected chi connectivity index (χ3v) is 2.85. The summed E-state index contributed by atoms with van der Waals surface area (Å²) in [5.41, 5.74) is 4.56. The van der Waals surface area contributed by atoms with Crippen LogP contribution in [0.2, 0.25) is 0 Å². The number of morpholine rings is 1. The molecule has 1 saturated heterocycles. The molecule has 1 fully saturated rings. The highest BCUT2D eigenvalue weighted by Gasteiger charge is 2.33. The normalized spacial score (nSPS) is 24.6. The maximum atomic E-state index is 12.4. The molecule has 19 heavy (non-hydrogen) atoms. The third kappa shape index (κ3) is 3.32. The molecule has 8 heteroatoms. The lowest BCUT2D eigenvalue weighted by molar-refractivity contribution is -0.141. The van der Waals surface area contributed by atoms with Crippen molar-refractivity contribution < 1.29 is 17.9 Å². The SMILES string of the molecule is CC1CN(c2ccc(C(F)(F)F)nn2)CC(CN)O1. The summed E-state index contributed by atoms with van der Waals surface area (Å²) in [7, 11) is 0. The van der Waals surface area contributed by atoms with Crippen molar-refractivity contribution in [3.63, 3.8) is 0 Å². The van der Waals surface area contributed by atoms with Gasteiger partial charge in [-0.05, 0) is 19.1 Å². The number of rotatable bonds is 2. The number of halogens is 3. The zero-order valence-corrected chi connectivity index (χ0v) is 10.4. The van der Waals surface area contributed by atoms with Crippen molar-refractivity contribution >= 4 is 5.82 Å². The van der Waals surface area contributed by atoms with Gasteiger partial charge in [0.2, 0.25) is 0 Å². The van der Waals surface area contributed by atoms with E-state index in [1.54, 1.807) is 0 Å². The monoisotopic (exact) mass is 276 g/mol. The Balaban J connectivity index is 2.13. The fourth-order valence-electron chi connectivity index (χ4n) is 2.01. The smallest absolute Gasteiger partial charge is 0.370 e. The lowest BCUT2D eigenvalue weighted by Gasteiger charge is -2.36. The summed E-state index contributed by atoms with van der Waals surface area (Å²) in [5.74, 6) is 0.404. The van der Waals surface area contributed by atoms with Crippen molar-refractivity contribution in [2.75, 3.05) is 24.5 Å². The minimum absolute atomic E-state index is 0.0496. The molecule has 2 atom stereocenters. The lowest BCUT2D eigenvalue weighted by Crippen LogP contribution is -2.49. The summed E-state index contributed by atoms with van der Waals surface area (Å²) in [5, 5.41) is 6.84. The van der Waals surface area contributed by atoms with Gasteiger partial charge < -0.3 is 15.4 Å². The molecule has 1 aliphatic rings. The molecule has 0 spiro atoms. The average Bonchev–Trinajstić information content (AvgIpc) is 2.37. The van der Waals surface area contributed by atoms with Gasteiger partial charge >= 0.3 is 6.18 Å². The van der Waals surface area contributed by atoms with Gasteiger partial charge in [-0.3, -0.25) is 0 Å². The molecule has 2 unspecified atom stereocenters. The zero-order valence-electron chi connectivity index (χ0n) is 10.4. The van der Waals surface area contributed by atoms with Gasteiger partial charge in [0.15, 0.2) is 11.5 Å². The van der Waals surface area contributed by atoms with Crippen molar-refractivity contribution in [1.29, 1.82) is 0 Å². The first-order valence-corrected chi connectivity index (χ1v) is 5.91. The molecule has 0 amide bonds. The highest BCUT2D eigenvalue weighted by Crippen LogP contribution is 2.28. The van der Waals surface area contributed by atoms with Crippen LogP contribution in [-0.2, 0) is 10.9 Å². The van der Waals surface area contributed by atoms with Crippen LogP contribution in [0.15, 0.2) is 12.1 Å². The molecule has 2 rings (SSSR count). The van der Waals surface area contributed by atoms with Crippen LogP contribution in [0.3, 0.4) is 0 Å². The largest absolute Gasteiger partial charge is 0.435 e. The van der Waals surface area contributed by atoms with Crippen LogP contribution >= 0.6 is 0 Å². The molecule has 0 aliphatic carbocycles. The fourth-order valence-corrected chi connectivity index (χ4v) is 2.01. The highest BCUT2D eigenvalue weighted by atomic mass is 19.4. The number of ether oxygens (including phenoxy) is 1. The second-order valence-corrected chi connectivity index (χ2v) is 4.48. The van der Waals surface area contributed by atoms with Gasteiger partial charge in [0.05, 0.1) is 12.2 Å². The number of hydrogen-bond acceptors (Lipinski definition) is 5. The van der Waals surface area contributed by atoms with Crippen LogP contribution in [0.4, 0.5) is 19.0 Å². The van der Waals surface area contributed by atoms with Crippen LogP contribution in [0.25, 0.3) is 0 Å². The van der Waals surface area contributed by atoms with E-state index in [0.29, 0.717) is 25.5 Å². The van der Waals surface area contributed by atoms with Gasteiger partial charge in [-0.1, -0.05) is 0 Å². The van der Waals surface area contributed by atoms with Crippen molar-refractivity contribution in [2.24, 2.45) is 5.73 Å². The standard InChI is InChI=1S/C11H15F3N4O/c1-7-5-18(6-8(4-15)19-7)10-3-2-9(16-17-10)11(12,13)14/h2-3,7-8H,4-6,15H2,1H3. The van der Waals surface area contributed by atoms with E-state index in [4.69, 9.17) is 10.5 Å². The summed E-state index contributed by atoms with van der Waals surface area (Å²) in [4.78, 5) is 1.83. The summed E-state index contributed by atoms with van der Waals surface area (Å²) < 4.78 is 42.7. The summed E-state index contributed by atoms with van der Waals surface area (Å²) >= 11 is 0. The second kappa shape index (κ2) is 5.30. The number of nitrogens with zero attached hydrogens (tertiary/aromatic N) is 3. The summed E-state index contributed by atoms with van der Waals surface area (Å²) in [6.07, 6.45) is -4.66. The Morgan fingerprint density at radius 2 is 2.11 bits per heavy atom. The number of hydrogen-bond donors (Lipinski definition) is 1. The van der Waals surface area contributed by atoms with E-state index in [1.165, 1.54) is 6.07 Å². The highest BCUT2D eigenvalue weighted by molar-refractivity contribution is 5.38. The van der Waals surface area contributed by atoms with Gasteiger partial charge in [-0.2, -0.15) is 13.2 Å². The van der Waals surface area contributed by atoms with Gasteiger partial charge in [-0.15, -0.1) is 10.2 Å². The fraction of sp³-hybridized carbons (Fsp3) is 0.636. The molecular formula is C11H15F3N4O. The summed E-state index contributed by atoms with van der Waals surface area (Å²) in [6.45, 7) is 3.29. The Hall–Kier alpha value is -1.41. The Morgan fingerprint density at radius 1 is 1.37 bits per heavy atom. The van der Waals surface area contributed by atoms with Crippen molar-refractivity contribution in [2.45, 2.75) is 25.3 Å². The number of alkyl halides is 3. The van der Waals surface area contributed by atoms with Gasteiger partial charge in [0.25, 0.3) is 0 Å². The van der Waals surface area contributed by atoms with E-state index in [9.17, 15) is 13.2 Å². The molecular weight excluding hydrogens is 261 g/mol. The van der Waals surface area contributed by atoms with E-state index < -0.39 is 11.9 Å². The van der Waals surface area contributed by atoms with E-state index in [0.717, 1.165) is 6.07 Å². The minimum atomic E-state index is -4.47. The first kappa shape index (κ1) is 14.0. The van der Waals surface area contributed by atoms with Gasteiger partial charge in [0, 0.05) is 19.6 Å². The lowest BCUT2D eigenvalue weighted by atomic mass is 10.2. The molecule has 2 N–H and O–H groups in total. The number of anilines is 1. The molecule has 1 aromatic rings. The molecule has 1 aliphatic heterocycles. The van der Waals surface area contributed by atoms with Crippen molar-refractivity contribution in [1.82, 2.24) is 10.2 Å². The molecule has 2 heterocycles. The van der Waals surface area contributed by atoms with Crippen LogP contribution in [0, 0.1) is 0 Å². The molecule has 5 nitrogen and oxygen atoms in total. The van der Waals surface area contributed by atoms with E-state index in [2.05, 4.69) is 10.2 Å². The Bertz CT molecular complexity index is 423. The molecule has 0 saturated carbocycles. The summed E-state index contributed by atoms with van der Waals surface area (Å²) in [6, 6.07) is 2.25. The third-order valence-electron chi connectivity index (χ3n) is 2.85. The maximum Gasteiger partial charge on any atom is 0.435 e. The quantitative estimate of drug-likeness (QED) is 0.874. The molecule has 0 aromatic carbocycles. The number of nitrogens with two attached hydrogens (primary N) is 1. The van der Waals surface area contributed by atoms with E-state index in [1.807, 2.05) is 11.8 Å². The maximum absolute atomic E-state index is 12.4. The first-order chi connectivity index (χ1) is 8.90. The van der Waals surface area contributed by atoms with Gasteiger partial charge in [-0.25, -0.2) is 0 Å². The van der Waals surface area contributed by atoms with E-state index >= 15 is 0 Å². The molecule has 0 bridgehead atoms. The molecule has 1 aromatic heterocycles. The Kier molecular flexibility index (Phi) is 3.91. The van der Waals surface area contributed by atoms with Crippen LogP contribution < -0.4 is 10.6 Å². The van der Waals surface area contributed by atoms with Crippen LogP contribution in [0.5, 0.6) is 0 Å². The van der Waals surface area contributed by atoms with Crippen LogP contribution in [0.1, 0.15) is 12.6 Å². The first-order valence-electron chi connectivity index (χ1n) is 5.91. The molecule has 106 valence electrons. The predicted molar refractivity (Wildman–Crippen MR) is 62.6 cm³/mol. The van der Waals surface area contributed by atoms with Crippen molar-refractivity contribution in [3.05, 3.63) is 17.8 Å². The zero-order chi connectivity index (χ0) is 14.0. The van der Waals surface area contributed by atoms with Crippen LogP contribution in [-0.4, -0.2) is 42.0 Å². The van der Waals surface area contributed by atoms with E-state index in [-0.39, 0.29) is 12.2 Å². The van der Waals surface area contributed by atoms with Gasteiger partial charge in [0.1, 0.15) is 0 Å². The van der Waals surface area contributed by atoms with Crippen molar-refractivity contribution in [3.8, 4) is 0 Å². The average molecular weight is 276 g/mol. The minimum Gasteiger partial charge on any atom is -0.370 e. The molecule has 0 radical (unpaired) electrons. The predicted octanol–water partition coefficient (Wildman–Crippen LogP) is 1.05. The Morgan fingerprint density at radius 3 is 2.63 bits per heavy atom. The second-order valence-electron chi connectivity index (χ2n) is 4.48. The number of aromatic nitrogens is 2.